The third-order valence-corrected chi connectivity index (χ3v) is 2.98. The monoisotopic (exact) mass is 281 g/mol. The number of hydrogen-bond donors (Lipinski definition) is 2. The van der Waals surface area contributed by atoms with Crippen molar-refractivity contribution in [2.24, 2.45) is 0 Å². The van der Waals surface area contributed by atoms with Crippen molar-refractivity contribution in [2.75, 3.05) is 0 Å². The van der Waals surface area contributed by atoms with E-state index in [9.17, 15) is 9.59 Å². The molecule has 0 aliphatic carbocycles. The molecular weight excluding hydrogens is 270 g/mol. The first-order valence-electron chi connectivity index (χ1n) is 6.26. The van der Waals surface area contributed by atoms with Crippen LogP contribution in [0, 0.1) is 0 Å². The standard InChI is InChI=1S/C14H11N5O2/c20-13-11-4-2-1-3-10(11)12(18-19-13)14(21)16-7-9-5-6-15-8-17-9/h1-6,8H,7H2,(H,16,21)(H,19,20). The third-order valence-electron chi connectivity index (χ3n) is 2.98. The molecule has 0 saturated carbocycles. The highest BCUT2D eigenvalue weighted by molar-refractivity contribution is 6.04. The molecule has 0 unspecified atom stereocenters. The minimum atomic E-state index is -0.374. The minimum absolute atomic E-state index is 0.180. The lowest BCUT2D eigenvalue weighted by Gasteiger charge is -2.06. The summed E-state index contributed by atoms with van der Waals surface area (Å²) < 4.78 is 0. The van der Waals surface area contributed by atoms with E-state index in [1.165, 1.54) is 6.33 Å². The Hall–Kier alpha value is -3.09. The number of rotatable bonds is 3. The molecule has 0 bridgehead atoms. The first kappa shape index (κ1) is 12.9. The predicted molar refractivity (Wildman–Crippen MR) is 75.6 cm³/mol. The van der Waals surface area contributed by atoms with Crippen molar-refractivity contribution in [2.45, 2.75) is 6.54 Å². The van der Waals surface area contributed by atoms with Crippen LogP contribution in [0.2, 0.25) is 0 Å². The molecule has 21 heavy (non-hydrogen) atoms. The molecule has 3 rings (SSSR count). The summed E-state index contributed by atoms with van der Waals surface area (Å²) in [5.74, 6) is -0.374. The Morgan fingerprint density at radius 1 is 1.19 bits per heavy atom. The number of benzene rings is 1. The fourth-order valence-corrected chi connectivity index (χ4v) is 1.97. The molecule has 2 aromatic heterocycles. The summed E-state index contributed by atoms with van der Waals surface area (Å²) in [7, 11) is 0. The van der Waals surface area contributed by atoms with Crippen LogP contribution < -0.4 is 10.9 Å². The molecule has 0 aliphatic heterocycles. The van der Waals surface area contributed by atoms with Crippen molar-refractivity contribution in [3.8, 4) is 0 Å². The maximum Gasteiger partial charge on any atom is 0.272 e. The molecule has 0 atom stereocenters. The number of H-pyrrole nitrogens is 1. The highest BCUT2D eigenvalue weighted by atomic mass is 16.2. The van der Waals surface area contributed by atoms with E-state index in [-0.39, 0.29) is 23.7 Å². The van der Waals surface area contributed by atoms with Gasteiger partial charge in [0.15, 0.2) is 5.69 Å². The second-order valence-corrected chi connectivity index (χ2v) is 4.33. The summed E-state index contributed by atoms with van der Waals surface area (Å²) in [5, 5.41) is 9.82. The number of hydrogen-bond acceptors (Lipinski definition) is 5. The summed E-state index contributed by atoms with van der Waals surface area (Å²) in [6.45, 7) is 0.260. The third kappa shape index (κ3) is 2.62. The van der Waals surface area contributed by atoms with Crippen LogP contribution in [0.5, 0.6) is 0 Å². The van der Waals surface area contributed by atoms with Gasteiger partial charge < -0.3 is 5.32 Å². The number of amides is 1. The van der Waals surface area contributed by atoms with E-state index < -0.39 is 0 Å². The SMILES string of the molecule is O=C(NCc1ccncn1)c1n[nH]c(=O)c2ccccc12. The van der Waals surface area contributed by atoms with Gasteiger partial charge in [-0.15, -0.1) is 0 Å². The van der Waals surface area contributed by atoms with Crippen molar-refractivity contribution < 1.29 is 4.79 Å². The largest absolute Gasteiger partial charge is 0.345 e. The van der Waals surface area contributed by atoms with Crippen LogP contribution in [0.3, 0.4) is 0 Å². The molecule has 0 aliphatic rings. The average molecular weight is 281 g/mol. The second-order valence-electron chi connectivity index (χ2n) is 4.33. The fourth-order valence-electron chi connectivity index (χ4n) is 1.97. The number of nitrogens with zero attached hydrogens (tertiary/aromatic N) is 3. The molecular formula is C14H11N5O2. The topological polar surface area (TPSA) is 101 Å². The van der Waals surface area contributed by atoms with Crippen LogP contribution in [0.15, 0.2) is 47.7 Å². The van der Waals surface area contributed by atoms with Gasteiger partial charge in [-0.25, -0.2) is 15.1 Å². The van der Waals surface area contributed by atoms with Gasteiger partial charge in [-0.2, -0.15) is 5.10 Å². The van der Waals surface area contributed by atoms with Crippen LogP contribution in [0.25, 0.3) is 10.8 Å². The first-order valence-corrected chi connectivity index (χ1v) is 6.26. The van der Waals surface area contributed by atoms with Crippen LogP contribution in [-0.4, -0.2) is 26.1 Å². The molecule has 1 aromatic carbocycles. The normalized spacial score (nSPS) is 10.5. The Kier molecular flexibility index (Phi) is 3.38. The molecule has 0 saturated heterocycles. The van der Waals surface area contributed by atoms with Gasteiger partial charge in [0, 0.05) is 11.6 Å². The van der Waals surface area contributed by atoms with Gasteiger partial charge in [-0.05, 0) is 12.1 Å². The van der Waals surface area contributed by atoms with Crippen molar-refractivity contribution in [1.82, 2.24) is 25.5 Å². The summed E-state index contributed by atoms with van der Waals surface area (Å²) in [6, 6.07) is 8.54. The zero-order valence-electron chi connectivity index (χ0n) is 10.9. The fraction of sp³-hybridized carbons (Fsp3) is 0.0714. The highest BCUT2D eigenvalue weighted by Crippen LogP contribution is 2.12. The predicted octanol–water partition coefficient (Wildman–Crippen LogP) is 0.643. The number of carbonyl (C=O) groups excluding carboxylic acids is 1. The smallest absolute Gasteiger partial charge is 0.272 e. The van der Waals surface area contributed by atoms with Gasteiger partial charge in [0.2, 0.25) is 0 Å². The molecule has 2 N–H and O–H groups in total. The van der Waals surface area contributed by atoms with Gasteiger partial charge in [0.25, 0.3) is 11.5 Å². The van der Waals surface area contributed by atoms with E-state index in [2.05, 4.69) is 25.5 Å². The maximum atomic E-state index is 12.2. The van der Waals surface area contributed by atoms with Crippen molar-refractivity contribution in [3.63, 3.8) is 0 Å². The first-order chi connectivity index (χ1) is 10.3. The Balaban J connectivity index is 1.89. The average Bonchev–Trinajstić information content (AvgIpc) is 2.54. The molecule has 1 amide bonds. The molecule has 2 heterocycles. The van der Waals surface area contributed by atoms with Gasteiger partial charge >= 0.3 is 0 Å². The molecule has 0 spiro atoms. The zero-order chi connectivity index (χ0) is 14.7. The van der Waals surface area contributed by atoms with Gasteiger partial charge in [-0.1, -0.05) is 18.2 Å². The summed E-state index contributed by atoms with van der Waals surface area (Å²) in [6.07, 6.45) is 3.01. The Morgan fingerprint density at radius 3 is 2.76 bits per heavy atom. The number of fused-ring (bicyclic) bond motifs is 1. The lowest BCUT2D eigenvalue weighted by molar-refractivity contribution is 0.0946. The minimum Gasteiger partial charge on any atom is -0.345 e. The molecule has 0 radical (unpaired) electrons. The van der Waals surface area contributed by atoms with Crippen molar-refractivity contribution in [1.29, 1.82) is 0 Å². The molecule has 104 valence electrons. The number of aromatic amines is 1. The number of carbonyl (C=O) groups is 1. The van der Waals surface area contributed by atoms with Crippen LogP contribution in [-0.2, 0) is 6.54 Å². The molecule has 7 nitrogen and oxygen atoms in total. The van der Waals surface area contributed by atoms with E-state index in [0.29, 0.717) is 16.5 Å². The zero-order valence-corrected chi connectivity index (χ0v) is 10.9. The highest BCUT2D eigenvalue weighted by Gasteiger charge is 2.13. The summed E-state index contributed by atoms with van der Waals surface area (Å²) >= 11 is 0. The molecule has 0 fully saturated rings. The Morgan fingerprint density at radius 2 is 2.00 bits per heavy atom. The van der Waals surface area contributed by atoms with Crippen molar-refractivity contribution >= 4 is 16.7 Å². The molecule has 7 heteroatoms. The Bertz CT molecular complexity index is 845. The van der Waals surface area contributed by atoms with Crippen LogP contribution in [0.1, 0.15) is 16.2 Å². The summed E-state index contributed by atoms with van der Waals surface area (Å²) in [5.41, 5.74) is 0.546. The lowest BCUT2D eigenvalue weighted by atomic mass is 10.1. The lowest BCUT2D eigenvalue weighted by Crippen LogP contribution is -2.26. The summed E-state index contributed by atoms with van der Waals surface area (Å²) in [4.78, 5) is 31.7. The maximum absolute atomic E-state index is 12.2. The Labute approximate surface area is 119 Å². The second kappa shape index (κ2) is 5.49. The van der Waals surface area contributed by atoms with Crippen LogP contribution in [0.4, 0.5) is 0 Å². The number of aromatic nitrogens is 4. The quantitative estimate of drug-likeness (QED) is 0.734. The number of nitrogens with one attached hydrogen (secondary N) is 2. The van der Waals surface area contributed by atoms with Gasteiger partial charge in [0.05, 0.1) is 17.6 Å². The van der Waals surface area contributed by atoms with E-state index in [4.69, 9.17) is 0 Å². The van der Waals surface area contributed by atoms with Gasteiger partial charge in [-0.3, -0.25) is 9.59 Å². The van der Waals surface area contributed by atoms with Crippen molar-refractivity contribution in [3.05, 3.63) is 64.6 Å². The van der Waals surface area contributed by atoms with E-state index in [1.54, 1.807) is 36.5 Å². The van der Waals surface area contributed by atoms with E-state index >= 15 is 0 Å². The molecule has 3 aromatic rings. The van der Waals surface area contributed by atoms with Gasteiger partial charge in [0.1, 0.15) is 6.33 Å². The van der Waals surface area contributed by atoms with Crippen LogP contribution >= 0.6 is 0 Å². The van der Waals surface area contributed by atoms with E-state index in [0.717, 1.165) is 0 Å². The van der Waals surface area contributed by atoms with E-state index in [1.807, 2.05) is 0 Å².